The second-order valence-electron chi connectivity index (χ2n) is 6.12. The van der Waals surface area contributed by atoms with Crippen LogP contribution in [0.15, 0.2) is 36.0 Å². The maximum atomic E-state index is 13.4. The lowest BCUT2D eigenvalue weighted by atomic mass is 9.92. The van der Waals surface area contributed by atoms with Crippen molar-refractivity contribution in [2.75, 3.05) is 6.61 Å². The molecule has 26 heavy (non-hydrogen) atoms. The van der Waals surface area contributed by atoms with Crippen LogP contribution in [0.25, 0.3) is 0 Å². The van der Waals surface area contributed by atoms with Gasteiger partial charge in [0.05, 0.1) is 18.4 Å². The molecule has 0 saturated carbocycles. The van der Waals surface area contributed by atoms with Crippen LogP contribution >= 0.6 is 0 Å². The number of benzene rings is 1. The van der Waals surface area contributed by atoms with Gasteiger partial charge in [0.1, 0.15) is 11.6 Å². The molecule has 0 unspecified atom stereocenters. The normalized spacial score (nSPS) is 27.5. The molecule has 9 heteroatoms. The molecular formula is C17H16F2N2O5. The molecule has 2 aliphatic heterocycles. The Bertz CT molecular complexity index is 777. The number of carboxylic acid groups (broad SMARTS) is 1. The van der Waals surface area contributed by atoms with Crippen LogP contribution in [-0.2, 0) is 19.2 Å². The van der Waals surface area contributed by atoms with Crippen molar-refractivity contribution in [3.8, 4) is 0 Å². The zero-order chi connectivity index (χ0) is 18.9. The lowest BCUT2D eigenvalue weighted by Crippen LogP contribution is -2.49. The van der Waals surface area contributed by atoms with Crippen LogP contribution in [0.2, 0.25) is 0 Å². The summed E-state index contributed by atoms with van der Waals surface area (Å²) in [5, 5.41) is 15.3. The minimum atomic E-state index is -1.54. The second-order valence-corrected chi connectivity index (χ2v) is 6.12. The van der Waals surface area contributed by atoms with Crippen LogP contribution in [0.4, 0.5) is 8.78 Å². The number of carbonyl (C=O) groups is 2. The van der Waals surface area contributed by atoms with Crippen LogP contribution in [0.3, 0.4) is 0 Å². The molecule has 3 rings (SSSR count). The van der Waals surface area contributed by atoms with Crippen molar-refractivity contribution in [2.45, 2.75) is 30.6 Å². The smallest absolute Gasteiger partial charge is 0.332 e. The minimum absolute atomic E-state index is 0.0543. The van der Waals surface area contributed by atoms with Gasteiger partial charge in [-0.1, -0.05) is 11.7 Å². The number of amides is 1. The van der Waals surface area contributed by atoms with Gasteiger partial charge in [-0.3, -0.25) is 4.79 Å². The number of hydrogen-bond donors (Lipinski definition) is 2. The highest BCUT2D eigenvalue weighted by Gasteiger charge is 2.46. The Morgan fingerprint density at radius 2 is 2.04 bits per heavy atom. The molecule has 0 bridgehead atoms. The van der Waals surface area contributed by atoms with Gasteiger partial charge in [-0.25, -0.2) is 13.6 Å². The number of nitrogens with one attached hydrogen (secondary N) is 1. The number of carboxylic acids is 1. The number of halogens is 2. The Morgan fingerprint density at radius 3 is 2.62 bits per heavy atom. The average Bonchev–Trinajstić information content (AvgIpc) is 3.21. The van der Waals surface area contributed by atoms with Crippen LogP contribution in [0.1, 0.15) is 18.4 Å². The van der Waals surface area contributed by atoms with Crippen LogP contribution in [0, 0.1) is 11.6 Å². The summed E-state index contributed by atoms with van der Waals surface area (Å²) in [5.41, 5.74) is -1.18. The first-order valence-corrected chi connectivity index (χ1v) is 7.83. The standard InChI is InChI=1S/C17H16F2N2O5/c1-2-17(16(24)20-12-6-14(15(22)23)25-8-12)7-13(21-26-17)9-3-10(18)5-11(19)4-9/h2-5,12,14H,1,6-8H2,(H,20,24)(H,22,23)/t12-,14-,17-/m0/s1. The summed E-state index contributed by atoms with van der Waals surface area (Å²) in [7, 11) is 0. The predicted molar refractivity (Wildman–Crippen MR) is 85.4 cm³/mol. The third kappa shape index (κ3) is 3.43. The van der Waals surface area contributed by atoms with Gasteiger partial charge in [0, 0.05) is 24.5 Å². The zero-order valence-electron chi connectivity index (χ0n) is 13.6. The van der Waals surface area contributed by atoms with Crippen molar-refractivity contribution in [1.29, 1.82) is 0 Å². The number of ether oxygens (including phenoxy) is 1. The molecule has 1 saturated heterocycles. The first-order chi connectivity index (χ1) is 12.3. The molecule has 2 aliphatic rings. The average molecular weight is 366 g/mol. The number of aliphatic carboxylic acids is 1. The molecule has 2 N–H and O–H groups in total. The Morgan fingerprint density at radius 1 is 1.35 bits per heavy atom. The van der Waals surface area contributed by atoms with Crippen molar-refractivity contribution in [2.24, 2.45) is 5.16 Å². The molecule has 0 spiro atoms. The van der Waals surface area contributed by atoms with E-state index in [9.17, 15) is 18.4 Å². The lowest BCUT2D eigenvalue weighted by Gasteiger charge is -2.23. The van der Waals surface area contributed by atoms with Crippen molar-refractivity contribution in [1.82, 2.24) is 5.32 Å². The Hall–Kier alpha value is -2.81. The van der Waals surface area contributed by atoms with Crippen molar-refractivity contribution in [3.63, 3.8) is 0 Å². The number of nitrogens with zero attached hydrogens (tertiary/aromatic N) is 1. The molecule has 1 fully saturated rings. The molecule has 0 aromatic heterocycles. The van der Waals surface area contributed by atoms with E-state index in [-0.39, 0.29) is 30.7 Å². The van der Waals surface area contributed by atoms with Gasteiger partial charge < -0.3 is 20.0 Å². The second kappa shape index (κ2) is 6.83. The molecule has 1 aromatic carbocycles. The molecule has 0 radical (unpaired) electrons. The summed E-state index contributed by atoms with van der Waals surface area (Å²) in [5.74, 6) is -3.23. The lowest BCUT2D eigenvalue weighted by molar-refractivity contribution is -0.147. The van der Waals surface area contributed by atoms with Crippen LogP contribution < -0.4 is 5.32 Å². The van der Waals surface area contributed by atoms with Crippen molar-refractivity contribution < 1.29 is 33.1 Å². The fourth-order valence-electron chi connectivity index (χ4n) is 2.86. The maximum Gasteiger partial charge on any atom is 0.332 e. The van der Waals surface area contributed by atoms with Crippen molar-refractivity contribution >= 4 is 17.6 Å². The quantitative estimate of drug-likeness (QED) is 0.768. The minimum Gasteiger partial charge on any atom is -0.479 e. The van der Waals surface area contributed by atoms with E-state index in [4.69, 9.17) is 14.7 Å². The van der Waals surface area contributed by atoms with E-state index in [2.05, 4.69) is 17.1 Å². The summed E-state index contributed by atoms with van der Waals surface area (Å²) in [6.45, 7) is 3.64. The molecule has 138 valence electrons. The van der Waals surface area contributed by atoms with E-state index in [0.717, 1.165) is 18.2 Å². The SMILES string of the molecule is C=C[C@@]1(C(=O)N[C@@H]2CO[C@H](C(=O)O)C2)CC(c2cc(F)cc(F)c2)=NO1. The fourth-order valence-corrected chi connectivity index (χ4v) is 2.86. The molecule has 2 heterocycles. The number of hydrogen-bond acceptors (Lipinski definition) is 5. The third-order valence-corrected chi connectivity index (χ3v) is 4.27. The first-order valence-electron chi connectivity index (χ1n) is 7.83. The van der Waals surface area contributed by atoms with Gasteiger partial charge in [-0.2, -0.15) is 0 Å². The van der Waals surface area contributed by atoms with Crippen molar-refractivity contribution in [3.05, 3.63) is 48.1 Å². The van der Waals surface area contributed by atoms with E-state index >= 15 is 0 Å². The van der Waals surface area contributed by atoms with E-state index < -0.39 is 41.3 Å². The highest BCUT2D eigenvalue weighted by Crippen LogP contribution is 2.29. The van der Waals surface area contributed by atoms with E-state index in [1.807, 2.05) is 0 Å². The van der Waals surface area contributed by atoms with Gasteiger partial charge in [0.2, 0.25) is 5.60 Å². The van der Waals surface area contributed by atoms with Gasteiger partial charge in [0.15, 0.2) is 6.10 Å². The van der Waals surface area contributed by atoms with Gasteiger partial charge in [0.25, 0.3) is 5.91 Å². The van der Waals surface area contributed by atoms with E-state index in [1.165, 1.54) is 6.08 Å². The Labute approximate surface area is 147 Å². The highest BCUT2D eigenvalue weighted by molar-refractivity contribution is 6.06. The molecule has 3 atom stereocenters. The number of carbonyl (C=O) groups excluding carboxylic acids is 1. The molecule has 0 aliphatic carbocycles. The van der Waals surface area contributed by atoms with E-state index in [1.54, 1.807) is 0 Å². The monoisotopic (exact) mass is 366 g/mol. The fraction of sp³-hybridized carbons (Fsp3) is 0.353. The van der Waals surface area contributed by atoms with Gasteiger partial charge >= 0.3 is 5.97 Å². The topological polar surface area (TPSA) is 97.2 Å². The first kappa shape index (κ1) is 18.0. The zero-order valence-corrected chi connectivity index (χ0v) is 13.6. The summed E-state index contributed by atoms with van der Waals surface area (Å²) < 4.78 is 31.9. The largest absolute Gasteiger partial charge is 0.479 e. The van der Waals surface area contributed by atoms with Gasteiger partial charge in [-0.05, 0) is 18.2 Å². The maximum absolute atomic E-state index is 13.4. The van der Waals surface area contributed by atoms with Gasteiger partial charge in [-0.15, -0.1) is 0 Å². The molecule has 7 nitrogen and oxygen atoms in total. The predicted octanol–water partition coefficient (Wildman–Crippen LogP) is 1.37. The van der Waals surface area contributed by atoms with Crippen LogP contribution in [0.5, 0.6) is 0 Å². The van der Waals surface area contributed by atoms with E-state index in [0.29, 0.717) is 0 Å². The molecular weight excluding hydrogens is 350 g/mol. The Balaban J connectivity index is 1.70. The third-order valence-electron chi connectivity index (χ3n) is 4.27. The summed E-state index contributed by atoms with van der Waals surface area (Å²) in [4.78, 5) is 28.8. The number of rotatable bonds is 5. The van der Waals surface area contributed by atoms with Crippen LogP contribution in [-0.4, -0.2) is 47.0 Å². The molecule has 1 aromatic rings. The highest BCUT2D eigenvalue weighted by atomic mass is 19.1. The summed E-state index contributed by atoms with van der Waals surface area (Å²) >= 11 is 0. The number of oxime groups is 1. The summed E-state index contributed by atoms with van der Waals surface area (Å²) in [6, 6.07) is 2.40. The Kier molecular flexibility index (Phi) is 4.73. The summed E-state index contributed by atoms with van der Waals surface area (Å²) in [6.07, 6.45) is 0.323. The molecule has 1 amide bonds.